The third-order valence-corrected chi connectivity index (χ3v) is 6.61. The van der Waals surface area contributed by atoms with Crippen LogP contribution in [-0.4, -0.2) is 16.9 Å². The smallest absolute Gasteiger partial charge is 0.223 e. The fourth-order valence-electron chi connectivity index (χ4n) is 4.11. The van der Waals surface area contributed by atoms with Gasteiger partial charge in [0.25, 0.3) is 0 Å². The first-order chi connectivity index (χ1) is 10.4. The molecule has 1 amide bonds. The molecule has 1 heterocycles. The van der Waals surface area contributed by atoms with Crippen LogP contribution in [0.5, 0.6) is 0 Å². The van der Waals surface area contributed by atoms with E-state index in [9.17, 15) is 4.79 Å². The molecule has 1 aromatic rings. The minimum Gasteiger partial charge on any atom is -0.344 e. The number of carbonyl (C=O) groups excluding carboxylic acids is 1. The number of aryl methyl sites for hydroxylation is 1. The van der Waals surface area contributed by atoms with E-state index in [4.69, 9.17) is 5.73 Å². The van der Waals surface area contributed by atoms with Crippen molar-refractivity contribution in [3.8, 4) is 0 Å². The maximum Gasteiger partial charge on any atom is 0.223 e. The Hall–Kier alpha value is -0.940. The fraction of sp³-hybridized carbons (Fsp3) is 0.765. The first kappa shape index (κ1) is 15.9. The monoisotopic (exact) mass is 321 g/mol. The van der Waals surface area contributed by atoms with Gasteiger partial charge in [-0.25, -0.2) is 4.98 Å². The third-order valence-electron chi connectivity index (χ3n) is 5.38. The summed E-state index contributed by atoms with van der Waals surface area (Å²) in [4.78, 5) is 18.4. The molecule has 122 valence electrons. The summed E-state index contributed by atoms with van der Waals surface area (Å²) in [6, 6.07) is 0.312. The molecule has 22 heavy (non-hydrogen) atoms. The van der Waals surface area contributed by atoms with Crippen LogP contribution in [-0.2, 0) is 10.3 Å². The number of hydrogen-bond donors (Lipinski definition) is 2. The Labute approximate surface area is 136 Å². The molecule has 2 unspecified atom stereocenters. The van der Waals surface area contributed by atoms with Crippen LogP contribution in [0.25, 0.3) is 0 Å². The molecule has 2 atom stereocenters. The molecule has 2 aliphatic carbocycles. The van der Waals surface area contributed by atoms with Gasteiger partial charge in [0.2, 0.25) is 5.91 Å². The molecule has 4 nitrogen and oxygen atoms in total. The second-order valence-electron chi connectivity index (χ2n) is 7.59. The number of nitrogens with two attached hydrogens (primary N) is 1. The van der Waals surface area contributed by atoms with Crippen molar-refractivity contribution in [2.24, 2.45) is 23.5 Å². The first-order valence-corrected chi connectivity index (χ1v) is 9.19. The quantitative estimate of drug-likeness (QED) is 0.899. The van der Waals surface area contributed by atoms with Gasteiger partial charge in [-0.3, -0.25) is 4.79 Å². The summed E-state index contributed by atoms with van der Waals surface area (Å²) in [6.07, 6.45) is 7.44. The molecule has 3 N–H and O–H groups in total. The van der Waals surface area contributed by atoms with E-state index in [1.165, 1.54) is 24.1 Å². The average molecular weight is 321 g/mol. The summed E-state index contributed by atoms with van der Waals surface area (Å²) < 4.78 is 0. The number of amides is 1. The highest BCUT2D eigenvalue weighted by molar-refractivity contribution is 7.11. The molecule has 0 saturated heterocycles. The maximum absolute atomic E-state index is 12.8. The molecule has 0 radical (unpaired) electrons. The topological polar surface area (TPSA) is 68.0 Å². The zero-order valence-corrected chi connectivity index (χ0v) is 14.6. The summed E-state index contributed by atoms with van der Waals surface area (Å²) in [5.41, 5.74) is 5.93. The molecule has 2 saturated carbocycles. The van der Waals surface area contributed by atoms with Crippen molar-refractivity contribution in [3.05, 3.63) is 16.1 Å². The van der Waals surface area contributed by atoms with Crippen LogP contribution < -0.4 is 11.1 Å². The van der Waals surface area contributed by atoms with Gasteiger partial charge in [-0.2, -0.15) is 0 Å². The van der Waals surface area contributed by atoms with Crippen LogP contribution in [0.2, 0.25) is 0 Å². The van der Waals surface area contributed by atoms with Gasteiger partial charge in [0, 0.05) is 23.0 Å². The number of carbonyl (C=O) groups is 1. The molecule has 0 spiro atoms. The Kier molecular flexibility index (Phi) is 4.29. The molecule has 0 aliphatic heterocycles. The van der Waals surface area contributed by atoms with E-state index < -0.39 is 5.54 Å². The van der Waals surface area contributed by atoms with Crippen LogP contribution in [0.15, 0.2) is 6.20 Å². The van der Waals surface area contributed by atoms with Crippen LogP contribution in [0.1, 0.15) is 55.8 Å². The largest absolute Gasteiger partial charge is 0.344 e. The summed E-state index contributed by atoms with van der Waals surface area (Å²) in [6.45, 7) is 6.12. The van der Waals surface area contributed by atoms with Gasteiger partial charge in [0.05, 0.1) is 5.54 Å². The molecule has 1 aromatic heterocycles. The van der Waals surface area contributed by atoms with Crippen molar-refractivity contribution in [2.45, 2.75) is 64.5 Å². The second-order valence-corrected chi connectivity index (χ2v) is 8.82. The number of rotatable bonds is 3. The van der Waals surface area contributed by atoms with Gasteiger partial charge in [-0.1, -0.05) is 6.42 Å². The predicted molar refractivity (Wildman–Crippen MR) is 89.6 cm³/mol. The molecule has 2 aliphatic rings. The molecule has 2 fully saturated rings. The van der Waals surface area contributed by atoms with Gasteiger partial charge in [-0.15, -0.1) is 11.3 Å². The third kappa shape index (κ3) is 3.06. The predicted octanol–water partition coefficient (Wildman–Crippen LogP) is 2.96. The van der Waals surface area contributed by atoms with Gasteiger partial charge >= 0.3 is 0 Å². The number of fused-ring (bicyclic) bond motifs is 2. The van der Waals surface area contributed by atoms with Crippen molar-refractivity contribution in [3.63, 3.8) is 0 Å². The lowest BCUT2D eigenvalue weighted by molar-refractivity contribution is -0.129. The Morgan fingerprint density at radius 3 is 2.55 bits per heavy atom. The molecular weight excluding hydrogens is 294 g/mol. The fourth-order valence-corrected chi connectivity index (χ4v) is 4.93. The highest BCUT2D eigenvalue weighted by Gasteiger charge is 2.41. The lowest BCUT2D eigenvalue weighted by atomic mass is 9.65. The second kappa shape index (κ2) is 5.93. The minimum absolute atomic E-state index is 0.121. The number of thiazole rings is 1. The Morgan fingerprint density at radius 1 is 1.36 bits per heavy atom. The average Bonchev–Trinajstić information content (AvgIpc) is 2.85. The zero-order valence-electron chi connectivity index (χ0n) is 13.8. The van der Waals surface area contributed by atoms with E-state index in [1.807, 2.05) is 27.0 Å². The Bertz CT molecular complexity index is 540. The van der Waals surface area contributed by atoms with Crippen molar-refractivity contribution in [1.82, 2.24) is 10.3 Å². The van der Waals surface area contributed by atoms with E-state index in [1.54, 1.807) is 11.3 Å². The Balaban J connectivity index is 1.67. The van der Waals surface area contributed by atoms with Crippen LogP contribution in [0.3, 0.4) is 0 Å². The standard InChI is InChI=1S/C17H27N3OS/c1-10-9-19-16(22-10)17(2,3)20-15(21)13-7-11-5-4-6-12(8-13)14(11)18/h9,11-14H,4-8,18H2,1-3H3,(H,20,21). The number of nitrogens with one attached hydrogen (secondary N) is 1. The molecule has 0 aromatic carbocycles. The van der Waals surface area contributed by atoms with Crippen LogP contribution >= 0.6 is 11.3 Å². The highest BCUT2D eigenvalue weighted by Crippen LogP contribution is 2.42. The van der Waals surface area contributed by atoms with E-state index >= 15 is 0 Å². The Morgan fingerprint density at radius 2 is 2.00 bits per heavy atom. The summed E-state index contributed by atoms with van der Waals surface area (Å²) in [7, 11) is 0. The van der Waals surface area contributed by atoms with Crippen LogP contribution in [0.4, 0.5) is 0 Å². The van der Waals surface area contributed by atoms with Crippen molar-refractivity contribution < 1.29 is 4.79 Å². The lowest BCUT2D eigenvalue weighted by Crippen LogP contribution is -2.51. The van der Waals surface area contributed by atoms with Crippen molar-refractivity contribution in [1.29, 1.82) is 0 Å². The molecule has 3 rings (SSSR count). The van der Waals surface area contributed by atoms with Gasteiger partial charge in [-0.05, 0) is 58.3 Å². The number of nitrogens with zero attached hydrogens (tertiary/aromatic N) is 1. The van der Waals surface area contributed by atoms with Gasteiger partial charge < -0.3 is 11.1 Å². The highest BCUT2D eigenvalue weighted by atomic mass is 32.1. The summed E-state index contributed by atoms with van der Waals surface area (Å²) in [5, 5.41) is 4.21. The van der Waals surface area contributed by atoms with Gasteiger partial charge in [0.15, 0.2) is 0 Å². The van der Waals surface area contributed by atoms with E-state index in [0.29, 0.717) is 17.9 Å². The molecular formula is C17H27N3OS. The van der Waals surface area contributed by atoms with E-state index in [0.717, 1.165) is 17.8 Å². The first-order valence-electron chi connectivity index (χ1n) is 8.37. The van der Waals surface area contributed by atoms with E-state index in [2.05, 4.69) is 10.3 Å². The minimum atomic E-state index is -0.398. The lowest BCUT2D eigenvalue weighted by Gasteiger charge is -2.44. The maximum atomic E-state index is 12.8. The van der Waals surface area contributed by atoms with Crippen molar-refractivity contribution >= 4 is 17.2 Å². The van der Waals surface area contributed by atoms with E-state index in [-0.39, 0.29) is 11.8 Å². The number of hydrogen-bond acceptors (Lipinski definition) is 4. The zero-order chi connectivity index (χ0) is 15.9. The SMILES string of the molecule is Cc1cnc(C(C)(C)NC(=O)C2CC3CCCC(C2)C3N)s1. The molecule has 2 bridgehead atoms. The molecule has 5 heteroatoms. The van der Waals surface area contributed by atoms with Gasteiger partial charge in [0.1, 0.15) is 5.01 Å². The summed E-state index contributed by atoms with van der Waals surface area (Å²) >= 11 is 1.65. The van der Waals surface area contributed by atoms with Crippen LogP contribution in [0, 0.1) is 24.7 Å². The normalized spacial score (nSPS) is 31.8. The number of aromatic nitrogens is 1. The summed E-state index contributed by atoms with van der Waals surface area (Å²) in [5.74, 6) is 1.37. The van der Waals surface area contributed by atoms with Crippen molar-refractivity contribution in [2.75, 3.05) is 0 Å².